The standard InChI is InChI=1S/C28H36OSi2/c1-28(2,3)30(4,5)29-23-15-16-24-31(25-17-9-6-10-18-25,26-19-11-7-12-20-26)27-21-13-8-14-22-27/h6-14,16-22,24H,15,23H2,1-5H3/b24-16-. The number of hydrogen-bond donors (Lipinski definition) is 0. The fourth-order valence-corrected chi connectivity index (χ4v) is 9.06. The Hall–Kier alpha value is -2.21. The van der Waals surface area contributed by atoms with E-state index in [0.717, 1.165) is 13.0 Å². The zero-order valence-corrected chi connectivity index (χ0v) is 21.6. The molecule has 0 bridgehead atoms. The average Bonchev–Trinajstić information content (AvgIpc) is 2.77. The molecule has 0 aliphatic carbocycles. The van der Waals surface area contributed by atoms with Gasteiger partial charge in [0.15, 0.2) is 16.4 Å². The topological polar surface area (TPSA) is 9.23 Å². The normalized spacial score (nSPS) is 12.9. The van der Waals surface area contributed by atoms with Crippen LogP contribution in [0.25, 0.3) is 0 Å². The summed E-state index contributed by atoms with van der Waals surface area (Å²) < 4.78 is 6.43. The molecule has 0 spiro atoms. The van der Waals surface area contributed by atoms with Crippen molar-refractivity contribution < 1.29 is 4.43 Å². The van der Waals surface area contributed by atoms with Gasteiger partial charge in [0, 0.05) is 6.61 Å². The highest BCUT2D eigenvalue weighted by Crippen LogP contribution is 2.36. The third-order valence-electron chi connectivity index (χ3n) is 6.61. The van der Waals surface area contributed by atoms with Crippen LogP contribution in [-0.4, -0.2) is 23.0 Å². The molecule has 3 aromatic carbocycles. The molecule has 162 valence electrons. The van der Waals surface area contributed by atoms with E-state index >= 15 is 0 Å². The Balaban J connectivity index is 1.98. The van der Waals surface area contributed by atoms with Gasteiger partial charge < -0.3 is 4.43 Å². The van der Waals surface area contributed by atoms with Gasteiger partial charge in [-0.05, 0) is 40.1 Å². The Bertz CT molecular complexity index is 861. The lowest BCUT2D eigenvalue weighted by Gasteiger charge is -2.36. The molecule has 3 aromatic rings. The van der Waals surface area contributed by atoms with Gasteiger partial charge in [-0.15, -0.1) is 0 Å². The largest absolute Gasteiger partial charge is 0.417 e. The molecule has 0 aromatic heterocycles. The van der Waals surface area contributed by atoms with Gasteiger partial charge in [-0.2, -0.15) is 0 Å². The smallest absolute Gasteiger partial charge is 0.191 e. The van der Waals surface area contributed by atoms with Crippen LogP contribution in [0.2, 0.25) is 18.1 Å². The van der Waals surface area contributed by atoms with Crippen molar-refractivity contribution >= 4 is 32.0 Å². The molecular weight excluding hydrogens is 408 g/mol. The predicted molar refractivity (Wildman–Crippen MR) is 141 cm³/mol. The van der Waals surface area contributed by atoms with E-state index in [1.165, 1.54) is 15.6 Å². The summed E-state index contributed by atoms with van der Waals surface area (Å²) in [5.41, 5.74) is 2.52. The van der Waals surface area contributed by atoms with Crippen LogP contribution in [0.5, 0.6) is 0 Å². The second-order valence-corrected chi connectivity index (χ2v) is 18.2. The van der Waals surface area contributed by atoms with E-state index in [4.69, 9.17) is 4.43 Å². The van der Waals surface area contributed by atoms with Crippen LogP contribution in [0.15, 0.2) is 103 Å². The molecule has 0 N–H and O–H groups in total. The van der Waals surface area contributed by atoms with Crippen LogP contribution in [0.4, 0.5) is 0 Å². The zero-order chi connectivity index (χ0) is 22.4. The molecule has 0 aliphatic rings. The second-order valence-electron chi connectivity index (χ2n) is 9.71. The molecule has 0 heterocycles. The maximum atomic E-state index is 6.43. The van der Waals surface area contributed by atoms with Crippen molar-refractivity contribution in [3.63, 3.8) is 0 Å². The molecular formula is C28H36OSi2. The first-order chi connectivity index (χ1) is 14.8. The summed E-state index contributed by atoms with van der Waals surface area (Å²) in [4.78, 5) is 0. The van der Waals surface area contributed by atoms with Crippen molar-refractivity contribution in [3.05, 3.63) is 103 Å². The molecule has 0 unspecified atom stereocenters. The third kappa shape index (κ3) is 5.35. The SMILES string of the molecule is CC(C)(C)[Si](C)(C)OCC/C=C\[Si](c1ccccc1)(c1ccccc1)c1ccccc1. The van der Waals surface area contributed by atoms with Gasteiger partial charge in [0.2, 0.25) is 0 Å². The van der Waals surface area contributed by atoms with Crippen LogP contribution in [0.3, 0.4) is 0 Å². The van der Waals surface area contributed by atoms with Crippen LogP contribution in [0.1, 0.15) is 27.2 Å². The summed E-state index contributed by atoms with van der Waals surface area (Å²) in [6, 6.07) is 33.1. The minimum absolute atomic E-state index is 0.243. The van der Waals surface area contributed by atoms with Crippen LogP contribution >= 0.6 is 0 Å². The van der Waals surface area contributed by atoms with E-state index in [9.17, 15) is 0 Å². The van der Waals surface area contributed by atoms with Crippen molar-refractivity contribution in [1.29, 1.82) is 0 Å². The third-order valence-corrected chi connectivity index (χ3v) is 15.6. The van der Waals surface area contributed by atoms with Gasteiger partial charge in [-0.25, -0.2) is 0 Å². The minimum Gasteiger partial charge on any atom is -0.417 e. The van der Waals surface area contributed by atoms with E-state index < -0.39 is 16.4 Å². The second kappa shape index (κ2) is 9.94. The number of hydrogen-bond acceptors (Lipinski definition) is 1. The maximum Gasteiger partial charge on any atom is 0.191 e. The van der Waals surface area contributed by atoms with Gasteiger partial charge in [-0.1, -0.05) is 124 Å². The summed E-state index contributed by atoms with van der Waals surface area (Å²) in [7, 11) is -4.00. The van der Waals surface area contributed by atoms with Gasteiger partial charge >= 0.3 is 0 Å². The molecule has 0 fully saturated rings. The van der Waals surface area contributed by atoms with Crippen LogP contribution in [-0.2, 0) is 4.43 Å². The molecule has 0 radical (unpaired) electrons. The molecule has 31 heavy (non-hydrogen) atoms. The average molecular weight is 445 g/mol. The molecule has 0 saturated carbocycles. The molecule has 0 amide bonds. The van der Waals surface area contributed by atoms with Crippen molar-refractivity contribution in [2.45, 2.75) is 45.3 Å². The van der Waals surface area contributed by atoms with E-state index in [2.05, 4.69) is 137 Å². The van der Waals surface area contributed by atoms with Gasteiger partial charge in [0.25, 0.3) is 0 Å². The molecule has 3 heteroatoms. The predicted octanol–water partition coefficient (Wildman–Crippen LogP) is 5.66. The summed E-state index contributed by atoms with van der Waals surface area (Å²) in [6.07, 6.45) is 3.31. The zero-order valence-electron chi connectivity index (χ0n) is 19.6. The van der Waals surface area contributed by atoms with Crippen molar-refractivity contribution in [3.8, 4) is 0 Å². The first kappa shape index (κ1) is 23.5. The summed E-state index contributed by atoms with van der Waals surface area (Å²) >= 11 is 0. The highest BCUT2D eigenvalue weighted by molar-refractivity contribution is 7.14. The summed E-state index contributed by atoms with van der Waals surface area (Å²) in [5.74, 6) is 0. The fourth-order valence-electron chi connectivity index (χ4n) is 3.75. The van der Waals surface area contributed by atoms with Gasteiger partial charge in [0.1, 0.15) is 0 Å². The Kier molecular flexibility index (Phi) is 7.52. The Morgan fingerprint density at radius 1 is 0.677 bits per heavy atom. The summed E-state index contributed by atoms with van der Waals surface area (Å²) in [5, 5.41) is 4.48. The van der Waals surface area contributed by atoms with E-state index in [0.29, 0.717) is 0 Å². The van der Waals surface area contributed by atoms with Gasteiger partial charge in [-0.3, -0.25) is 0 Å². The fraction of sp³-hybridized carbons (Fsp3) is 0.286. The van der Waals surface area contributed by atoms with Crippen molar-refractivity contribution in [1.82, 2.24) is 0 Å². The molecule has 3 rings (SSSR count). The molecule has 1 nitrogen and oxygen atoms in total. The highest BCUT2D eigenvalue weighted by atomic mass is 28.4. The Morgan fingerprint density at radius 3 is 1.42 bits per heavy atom. The minimum atomic E-state index is -2.28. The van der Waals surface area contributed by atoms with Crippen molar-refractivity contribution in [2.75, 3.05) is 6.61 Å². The molecule has 0 aliphatic heterocycles. The molecule has 0 saturated heterocycles. The van der Waals surface area contributed by atoms with E-state index in [1.807, 2.05) is 0 Å². The van der Waals surface area contributed by atoms with E-state index in [-0.39, 0.29) is 5.04 Å². The monoisotopic (exact) mass is 444 g/mol. The van der Waals surface area contributed by atoms with Crippen LogP contribution in [0, 0.1) is 0 Å². The Morgan fingerprint density at radius 2 is 1.06 bits per heavy atom. The first-order valence-electron chi connectivity index (χ1n) is 11.3. The number of benzene rings is 3. The highest BCUT2D eigenvalue weighted by Gasteiger charge is 2.38. The summed E-state index contributed by atoms with van der Waals surface area (Å²) in [6.45, 7) is 12.3. The van der Waals surface area contributed by atoms with Gasteiger partial charge in [0.05, 0.1) is 0 Å². The first-order valence-corrected chi connectivity index (χ1v) is 16.2. The van der Waals surface area contributed by atoms with Crippen molar-refractivity contribution in [2.24, 2.45) is 0 Å². The lowest BCUT2D eigenvalue weighted by atomic mass is 10.2. The molecule has 0 atom stereocenters. The quantitative estimate of drug-likeness (QED) is 0.247. The van der Waals surface area contributed by atoms with E-state index in [1.54, 1.807) is 0 Å². The number of rotatable bonds is 8. The lowest BCUT2D eigenvalue weighted by molar-refractivity contribution is 0.294. The maximum absolute atomic E-state index is 6.43. The Labute approximate surface area is 191 Å². The van der Waals surface area contributed by atoms with Crippen LogP contribution < -0.4 is 15.6 Å². The lowest BCUT2D eigenvalue weighted by Crippen LogP contribution is -2.66.